The predicted molar refractivity (Wildman–Crippen MR) is 278 cm³/mol. The number of carbonyl (C=O) groups excluding carboxylic acids is 5. The molecular weight excluding hydrogens is 983 g/mol. The van der Waals surface area contributed by atoms with Gasteiger partial charge in [-0.2, -0.15) is 25.3 Å². The number of rotatable bonds is 10. The van der Waals surface area contributed by atoms with Gasteiger partial charge < -0.3 is 49.7 Å². The summed E-state index contributed by atoms with van der Waals surface area (Å²) in [5.41, 5.74) is -12.9. The van der Waals surface area contributed by atoms with E-state index in [1.807, 2.05) is 0 Å². The van der Waals surface area contributed by atoms with Crippen molar-refractivity contribution in [2.45, 2.75) is 289 Å². The third-order valence-corrected chi connectivity index (χ3v) is 16.8. The second kappa shape index (κ2) is 20.1. The molecule has 5 saturated heterocycles. The summed E-state index contributed by atoms with van der Waals surface area (Å²) < 4.78 is 31.7. The van der Waals surface area contributed by atoms with Crippen LogP contribution in [0.4, 0.5) is 0 Å². The Hall–Kier alpha value is -3.83. The maximum Gasteiger partial charge on any atom is 0.340 e. The molecule has 1 aromatic carbocycles. The molecule has 0 saturated carbocycles. The highest BCUT2D eigenvalue weighted by Gasteiger charge is 2.53. The first-order valence-corrected chi connectivity index (χ1v) is 26.9. The van der Waals surface area contributed by atoms with Crippen molar-refractivity contribution in [2.24, 2.45) is 0 Å². The highest BCUT2D eigenvalue weighted by molar-refractivity contribution is 6.19. The van der Waals surface area contributed by atoms with Crippen molar-refractivity contribution >= 4 is 29.8 Å². The molecule has 5 N–H and O–H groups in total. The molecule has 20 heteroatoms. The van der Waals surface area contributed by atoms with Gasteiger partial charge in [0.15, 0.2) is 0 Å². The summed E-state index contributed by atoms with van der Waals surface area (Å²) in [6.07, 6.45) is -3.57. The second-order valence-corrected chi connectivity index (χ2v) is 29.0. The van der Waals surface area contributed by atoms with Gasteiger partial charge in [-0.25, -0.2) is 24.0 Å². The minimum atomic E-state index is -1.28. The van der Waals surface area contributed by atoms with Crippen LogP contribution in [-0.4, -0.2) is 167 Å². The molecule has 0 amide bonds. The van der Waals surface area contributed by atoms with Crippen LogP contribution in [0.3, 0.4) is 0 Å². The van der Waals surface area contributed by atoms with Gasteiger partial charge in [-0.3, -0.25) is 0 Å². The number of carbonyl (C=O) groups is 5. The van der Waals surface area contributed by atoms with E-state index in [2.05, 4.69) is 0 Å². The molecule has 0 spiro atoms. The Balaban J connectivity index is 1.65. The number of piperidine rings is 5. The Morgan fingerprint density at radius 3 is 0.618 bits per heavy atom. The lowest BCUT2D eigenvalue weighted by Gasteiger charge is -2.51. The zero-order chi connectivity index (χ0) is 57.9. The van der Waals surface area contributed by atoms with Crippen molar-refractivity contribution in [1.82, 2.24) is 25.3 Å². The van der Waals surface area contributed by atoms with Crippen molar-refractivity contribution in [2.75, 3.05) is 0 Å². The first-order chi connectivity index (χ1) is 34.2. The SMILES string of the molecule is CC1(C)CC(OC(=O)c2cc(C(=O)OC3CC(C)(C)N(O)C(C)(C)C3)c(C(=O)OC3CC(C)(C)N(O)C(C)(C)C3)c(C(=O)OC3CC(C)(C)N(O)C(C)(C)C3)c2C(=O)OC2CC(C)(C)N(O)C(C)(C)C2)CC(C)(C)N1O. The van der Waals surface area contributed by atoms with Crippen LogP contribution in [0.2, 0.25) is 0 Å². The first kappa shape index (κ1) is 61.4. The molecule has 5 aliphatic rings. The van der Waals surface area contributed by atoms with Crippen LogP contribution in [0.25, 0.3) is 0 Å². The van der Waals surface area contributed by atoms with E-state index in [0.29, 0.717) is 0 Å². The predicted octanol–water partition coefficient (Wildman–Crippen LogP) is 9.52. The Labute approximate surface area is 450 Å². The Bertz CT molecular complexity index is 2220. The summed E-state index contributed by atoms with van der Waals surface area (Å²) in [5.74, 6) is -6.07. The zero-order valence-corrected chi connectivity index (χ0v) is 49.1. The number of benzene rings is 1. The van der Waals surface area contributed by atoms with Gasteiger partial charge in [0.1, 0.15) is 30.5 Å². The summed E-state index contributed by atoms with van der Waals surface area (Å²) in [5, 5.41) is 62.2. The lowest BCUT2D eigenvalue weighted by atomic mass is 9.80. The largest absolute Gasteiger partial charge is 0.459 e. The van der Waals surface area contributed by atoms with E-state index in [0.717, 1.165) is 6.07 Å². The third kappa shape index (κ3) is 12.2. The molecule has 0 bridgehead atoms. The van der Waals surface area contributed by atoms with Crippen LogP contribution in [-0.2, 0) is 23.7 Å². The number of hydrogen-bond donors (Lipinski definition) is 5. The van der Waals surface area contributed by atoms with Crippen molar-refractivity contribution in [3.63, 3.8) is 0 Å². The van der Waals surface area contributed by atoms with Gasteiger partial charge in [0.2, 0.25) is 0 Å². The summed E-state index contributed by atoms with van der Waals surface area (Å²) >= 11 is 0. The Morgan fingerprint density at radius 1 is 0.303 bits per heavy atom. The van der Waals surface area contributed by atoms with E-state index >= 15 is 24.0 Å². The number of ether oxygens (including phenoxy) is 5. The monoisotopic (exact) mass is 1070 g/mol. The summed E-state index contributed by atoms with van der Waals surface area (Å²) in [6.45, 7) is 35.5. The molecule has 6 rings (SSSR count). The number of esters is 5. The van der Waals surface area contributed by atoms with E-state index in [1.165, 1.54) is 25.3 Å². The smallest absolute Gasteiger partial charge is 0.340 e. The van der Waals surface area contributed by atoms with Gasteiger partial charge >= 0.3 is 29.8 Å². The van der Waals surface area contributed by atoms with Gasteiger partial charge in [0.05, 0.1) is 27.8 Å². The average molecular weight is 1070 g/mol. The fourth-order valence-electron chi connectivity index (χ4n) is 14.0. The minimum absolute atomic E-state index is 0.0763. The fraction of sp³-hybridized carbons (Fsp3) is 0.804. The van der Waals surface area contributed by atoms with Crippen molar-refractivity contribution in [1.29, 1.82) is 0 Å². The van der Waals surface area contributed by atoms with Gasteiger partial charge in [-0.05, 0) is 145 Å². The van der Waals surface area contributed by atoms with Crippen LogP contribution in [0.1, 0.15) is 254 Å². The minimum Gasteiger partial charge on any atom is -0.459 e. The molecular formula is C56H91N5O15. The first-order valence-electron chi connectivity index (χ1n) is 26.9. The van der Waals surface area contributed by atoms with Gasteiger partial charge in [-0.15, -0.1) is 0 Å². The molecule has 0 atom stereocenters. The standard InChI is InChI=1S/C56H91N5O15/c1-47(2)22-32(23-48(3,4)57(47)67)72-42(62)37-21-38(43(63)73-33-24-49(5,6)58(68)50(7,8)25-33)40(45(65)75-35-28-53(13,14)60(70)54(15,16)29-35)41(46(66)76-36-30-55(17,18)61(71)56(19,20)31-36)39(37)44(64)74-34-26-51(9,10)59(69)52(11,12)27-34/h21,32-36,67-71H,22-31H2,1-20H3. The fourth-order valence-corrected chi connectivity index (χ4v) is 14.0. The molecule has 0 aliphatic carbocycles. The summed E-state index contributed by atoms with van der Waals surface area (Å²) in [6, 6.07) is 1.01. The molecule has 20 nitrogen and oxygen atoms in total. The van der Waals surface area contributed by atoms with E-state index in [4.69, 9.17) is 23.7 Å². The van der Waals surface area contributed by atoms with Crippen LogP contribution in [0.5, 0.6) is 0 Å². The maximum atomic E-state index is 15.7. The molecule has 0 aromatic heterocycles. The lowest BCUT2D eigenvalue weighted by Crippen LogP contribution is -2.61. The van der Waals surface area contributed by atoms with Crippen molar-refractivity contribution in [3.05, 3.63) is 33.9 Å². The number of nitrogens with zero attached hydrogens (tertiary/aromatic N) is 5. The van der Waals surface area contributed by atoms with Gasteiger partial charge in [-0.1, -0.05) is 0 Å². The quantitative estimate of drug-likeness (QED) is 0.108. The molecule has 76 heavy (non-hydrogen) atoms. The highest BCUT2D eigenvalue weighted by Crippen LogP contribution is 2.45. The van der Waals surface area contributed by atoms with Crippen LogP contribution < -0.4 is 0 Å². The topological polar surface area (TPSA) is 249 Å². The van der Waals surface area contributed by atoms with E-state index in [9.17, 15) is 26.0 Å². The lowest BCUT2D eigenvalue weighted by molar-refractivity contribution is -0.257. The normalized spacial score (nSPS) is 27.0. The molecule has 5 aliphatic heterocycles. The van der Waals surface area contributed by atoms with E-state index in [1.54, 1.807) is 138 Å². The van der Waals surface area contributed by atoms with Crippen LogP contribution in [0.15, 0.2) is 6.07 Å². The molecule has 5 heterocycles. The molecule has 5 fully saturated rings. The summed E-state index contributed by atoms with van der Waals surface area (Å²) in [7, 11) is 0. The molecule has 1 aromatic rings. The number of hydroxylamine groups is 10. The van der Waals surface area contributed by atoms with Crippen molar-refractivity contribution < 1.29 is 73.7 Å². The molecule has 0 radical (unpaired) electrons. The molecule has 0 unspecified atom stereocenters. The van der Waals surface area contributed by atoms with Crippen molar-refractivity contribution in [3.8, 4) is 0 Å². The van der Waals surface area contributed by atoms with E-state index < -0.39 is 144 Å². The second-order valence-electron chi connectivity index (χ2n) is 29.0. The molecule has 430 valence electrons. The van der Waals surface area contributed by atoms with Crippen LogP contribution >= 0.6 is 0 Å². The summed E-state index contributed by atoms with van der Waals surface area (Å²) in [4.78, 5) is 77.5. The third-order valence-electron chi connectivity index (χ3n) is 16.8. The van der Waals surface area contributed by atoms with E-state index in [-0.39, 0.29) is 64.2 Å². The highest BCUT2D eigenvalue weighted by atomic mass is 16.6. The average Bonchev–Trinajstić information content (AvgIpc) is 3.22. The van der Waals surface area contributed by atoms with Gasteiger partial charge in [0, 0.05) is 120 Å². The zero-order valence-electron chi connectivity index (χ0n) is 49.1. The van der Waals surface area contributed by atoms with Crippen LogP contribution in [0, 0.1) is 0 Å². The Kier molecular flexibility index (Phi) is 16.2. The maximum absolute atomic E-state index is 15.7. The number of hydrogen-bond acceptors (Lipinski definition) is 20. The Morgan fingerprint density at radius 2 is 0.447 bits per heavy atom. The van der Waals surface area contributed by atoms with Gasteiger partial charge in [0.25, 0.3) is 0 Å².